The molecular weight excluding hydrogens is 421 g/mol. The molecule has 0 aliphatic carbocycles. The van der Waals surface area contributed by atoms with Crippen molar-refractivity contribution >= 4 is 28.9 Å². The number of aliphatic hydroxyl groups excluding tert-OH is 1. The van der Waals surface area contributed by atoms with Crippen LogP contribution in [0.25, 0.3) is 0 Å². The molecule has 1 aliphatic heterocycles. The topological polar surface area (TPSA) is 41.9 Å². The summed E-state index contributed by atoms with van der Waals surface area (Å²) in [5.41, 5.74) is 4.83. The fourth-order valence-electron chi connectivity index (χ4n) is 4.07. The van der Waals surface area contributed by atoms with Crippen LogP contribution in [0.2, 0.25) is 10.0 Å². The zero-order chi connectivity index (χ0) is 21.4. The van der Waals surface area contributed by atoms with Crippen LogP contribution < -0.4 is 14.4 Å². The molecule has 0 bridgehead atoms. The maximum Gasteiger partial charge on any atom is 0.161 e. The molecule has 156 valence electrons. The fourth-order valence-corrected chi connectivity index (χ4v) is 4.48. The number of hydrogen-bond donors (Lipinski definition) is 1. The van der Waals surface area contributed by atoms with Crippen molar-refractivity contribution in [2.45, 2.75) is 25.6 Å². The highest BCUT2D eigenvalue weighted by molar-refractivity contribution is 6.42. The largest absolute Gasteiger partial charge is 0.493 e. The van der Waals surface area contributed by atoms with E-state index in [4.69, 9.17) is 32.7 Å². The van der Waals surface area contributed by atoms with Crippen LogP contribution in [0.3, 0.4) is 0 Å². The molecule has 0 saturated heterocycles. The van der Waals surface area contributed by atoms with Gasteiger partial charge < -0.3 is 19.5 Å². The highest BCUT2D eigenvalue weighted by Crippen LogP contribution is 2.46. The maximum atomic E-state index is 11.2. The number of ether oxygens (including phenoxy) is 2. The Hall–Kier alpha value is -2.40. The molecule has 4 rings (SSSR count). The van der Waals surface area contributed by atoms with Crippen molar-refractivity contribution in [1.29, 1.82) is 0 Å². The Balaban J connectivity index is 1.97. The SMILES string of the molecule is COc1cc2c(cc1OC)[C@H](c1cccc(Cl)c1Cl)N(c1ccc(C)cc1)[C@H](O)C2. The number of anilines is 1. The first-order valence-corrected chi connectivity index (χ1v) is 10.4. The van der Waals surface area contributed by atoms with Gasteiger partial charge in [-0.1, -0.05) is 53.0 Å². The monoisotopic (exact) mass is 443 g/mol. The number of nitrogens with zero attached hydrogens (tertiary/aromatic N) is 1. The van der Waals surface area contributed by atoms with E-state index in [9.17, 15) is 5.11 Å². The van der Waals surface area contributed by atoms with Gasteiger partial charge in [-0.15, -0.1) is 0 Å². The van der Waals surface area contributed by atoms with E-state index in [0.717, 1.165) is 27.9 Å². The molecule has 0 aromatic heterocycles. The first-order chi connectivity index (χ1) is 14.4. The minimum atomic E-state index is -0.752. The second kappa shape index (κ2) is 8.38. The molecule has 0 radical (unpaired) electrons. The van der Waals surface area contributed by atoms with Crippen molar-refractivity contribution < 1.29 is 14.6 Å². The third-order valence-corrected chi connectivity index (χ3v) is 6.38. The third-order valence-electron chi connectivity index (χ3n) is 5.55. The normalized spacial score (nSPS) is 18.1. The molecule has 30 heavy (non-hydrogen) atoms. The lowest BCUT2D eigenvalue weighted by Crippen LogP contribution is -2.44. The summed E-state index contributed by atoms with van der Waals surface area (Å²) in [6.07, 6.45) is -0.309. The van der Waals surface area contributed by atoms with Crippen LogP contribution in [0.5, 0.6) is 11.5 Å². The predicted molar refractivity (Wildman–Crippen MR) is 121 cm³/mol. The summed E-state index contributed by atoms with van der Waals surface area (Å²) in [6.45, 7) is 2.04. The first kappa shape index (κ1) is 20.9. The van der Waals surface area contributed by atoms with Gasteiger partial charge in [0, 0.05) is 12.1 Å². The molecular formula is C24H23Cl2NO3. The van der Waals surface area contributed by atoms with Crippen molar-refractivity contribution in [2.75, 3.05) is 19.1 Å². The van der Waals surface area contributed by atoms with Crippen molar-refractivity contribution in [3.63, 3.8) is 0 Å². The summed E-state index contributed by atoms with van der Waals surface area (Å²) >= 11 is 13.0. The molecule has 1 N–H and O–H groups in total. The Kier molecular flexibility index (Phi) is 5.83. The Bertz CT molecular complexity index is 1070. The number of methoxy groups -OCH3 is 2. The maximum absolute atomic E-state index is 11.2. The van der Waals surface area contributed by atoms with E-state index in [1.54, 1.807) is 20.3 Å². The highest BCUT2D eigenvalue weighted by Gasteiger charge is 2.37. The number of halogens is 2. The first-order valence-electron chi connectivity index (χ1n) is 9.66. The third kappa shape index (κ3) is 3.60. The molecule has 3 aromatic rings. The summed E-state index contributed by atoms with van der Waals surface area (Å²) in [5.74, 6) is 1.25. The minimum absolute atomic E-state index is 0.350. The number of aryl methyl sites for hydroxylation is 1. The second-order valence-electron chi connectivity index (χ2n) is 7.38. The molecule has 0 unspecified atom stereocenters. The average molecular weight is 444 g/mol. The molecule has 6 heteroatoms. The number of benzene rings is 3. The quantitative estimate of drug-likeness (QED) is 0.553. The van der Waals surface area contributed by atoms with Crippen LogP contribution in [0.4, 0.5) is 5.69 Å². The molecule has 4 nitrogen and oxygen atoms in total. The fraction of sp³-hybridized carbons (Fsp3) is 0.250. The second-order valence-corrected chi connectivity index (χ2v) is 8.16. The van der Waals surface area contributed by atoms with Crippen LogP contribution in [0.1, 0.15) is 28.3 Å². The van der Waals surface area contributed by atoms with Gasteiger partial charge in [-0.2, -0.15) is 0 Å². The summed E-state index contributed by atoms with van der Waals surface area (Å²) < 4.78 is 11.0. The van der Waals surface area contributed by atoms with Crippen molar-refractivity contribution in [2.24, 2.45) is 0 Å². The molecule has 3 aromatic carbocycles. The van der Waals surface area contributed by atoms with Gasteiger partial charge in [-0.3, -0.25) is 0 Å². The van der Waals surface area contributed by atoms with Gasteiger partial charge in [0.05, 0.1) is 30.3 Å². The van der Waals surface area contributed by atoms with Crippen LogP contribution in [0.15, 0.2) is 54.6 Å². The average Bonchev–Trinajstić information content (AvgIpc) is 2.75. The summed E-state index contributed by atoms with van der Waals surface area (Å²) in [7, 11) is 3.22. The minimum Gasteiger partial charge on any atom is -0.493 e. The van der Waals surface area contributed by atoms with Crippen LogP contribution in [-0.4, -0.2) is 25.6 Å². The van der Waals surface area contributed by atoms with E-state index in [1.165, 1.54) is 0 Å². The van der Waals surface area contributed by atoms with Gasteiger partial charge in [-0.25, -0.2) is 0 Å². The van der Waals surface area contributed by atoms with E-state index >= 15 is 0 Å². The van der Waals surface area contributed by atoms with Crippen molar-refractivity contribution in [3.05, 3.63) is 86.9 Å². The number of rotatable bonds is 4. The molecule has 2 atom stereocenters. The van der Waals surface area contributed by atoms with Crippen LogP contribution >= 0.6 is 23.2 Å². The Morgan fingerprint density at radius 3 is 2.27 bits per heavy atom. The molecule has 0 amide bonds. The molecule has 1 aliphatic rings. The standard InChI is InChI=1S/C24H23Cl2NO3/c1-14-7-9-16(10-8-14)27-22(28)12-15-11-20(29-2)21(30-3)13-18(15)24(27)17-5-4-6-19(25)23(17)26/h4-11,13,22,24,28H,12H2,1-3H3/t22-,24+/m1/s1. The summed E-state index contributed by atoms with van der Waals surface area (Å²) in [6, 6.07) is 17.2. The number of fused-ring (bicyclic) bond motifs is 1. The van der Waals surface area contributed by atoms with Gasteiger partial charge in [0.1, 0.15) is 6.23 Å². The zero-order valence-electron chi connectivity index (χ0n) is 17.0. The lowest BCUT2D eigenvalue weighted by atomic mass is 9.86. The van der Waals surface area contributed by atoms with Gasteiger partial charge in [-0.05, 0) is 53.9 Å². The van der Waals surface area contributed by atoms with Crippen molar-refractivity contribution in [3.8, 4) is 11.5 Å². The lowest BCUT2D eigenvalue weighted by Gasteiger charge is -2.43. The predicted octanol–water partition coefficient (Wildman–Crippen LogP) is 5.79. The highest BCUT2D eigenvalue weighted by atomic mass is 35.5. The van der Waals surface area contributed by atoms with E-state index in [0.29, 0.717) is 28.0 Å². The summed E-state index contributed by atoms with van der Waals surface area (Å²) in [4.78, 5) is 1.98. The van der Waals surface area contributed by atoms with E-state index in [-0.39, 0.29) is 6.04 Å². The van der Waals surface area contributed by atoms with Crippen LogP contribution in [-0.2, 0) is 6.42 Å². The van der Waals surface area contributed by atoms with Crippen LogP contribution in [0, 0.1) is 6.92 Å². The Morgan fingerprint density at radius 2 is 1.60 bits per heavy atom. The van der Waals surface area contributed by atoms with E-state index in [1.807, 2.05) is 60.4 Å². The summed E-state index contributed by atoms with van der Waals surface area (Å²) in [5, 5.41) is 12.1. The van der Waals surface area contributed by atoms with Gasteiger partial charge in [0.15, 0.2) is 11.5 Å². The van der Waals surface area contributed by atoms with Gasteiger partial charge >= 0.3 is 0 Å². The van der Waals surface area contributed by atoms with E-state index < -0.39 is 6.23 Å². The lowest BCUT2D eigenvalue weighted by molar-refractivity contribution is 0.154. The van der Waals surface area contributed by atoms with E-state index in [2.05, 4.69) is 0 Å². The van der Waals surface area contributed by atoms with Gasteiger partial charge in [0.2, 0.25) is 0 Å². The molecule has 0 spiro atoms. The smallest absolute Gasteiger partial charge is 0.161 e. The Morgan fingerprint density at radius 1 is 0.933 bits per heavy atom. The molecule has 0 saturated carbocycles. The Labute approximate surface area is 186 Å². The number of aliphatic hydroxyl groups is 1. The van der Waals surface area contributed by atoms with Crippen molar-refractivity contribution in [1.82, 2.24) is 0 Å². The molecule has 0 fully saturated rings. The zero-order valence-corrected chi connectivity index (χ0v) is 18.5. The molecule has 1 heterocycles. The number of hydrogen-bond acceptors (Lipinski definition) is 4. The van der Waals surface area contributed by atoms with Gasteiger partial charge in [0.25, 0.3) is 0 Å².